The van der Waals surface area contributed by atoms with Gasteiger partial charge in [-0.15, -0.1) is 0 Å². The highest BCUT2D eigenvalue weighted by Crippen LogP contribution is 2.33. The first kappa shape index (κ1) is 22.3. The minimum Gasteiger partial charge on any atom is -0.354 e. The highest BCUT2D eigenvalue weighted by atomic mass is 35.5. The standard InChI is InChI=1S/C20H17ClN6O3S2/c1-26-17-13(9-25-26)18(24-11-23-17)31-10-16(28)22-6-7-27-19(29)15(32-20(27)30)8-12-4-2-3-5-14(12)21/h2-5,8-9,11H,6-7,10H2,1H3,(H,22,28)/b15-8-. The molecule has 9 nitrogen and oxygen atoms in total. The second-order valence-corrected chi connectivity index (χ2v) is 9.04. The summed E-state index contributed by atoms with van der Waals surface area (Å²) in [7, 11) is 1.78. The van der Waals surface area contributed by atoms with E-state index >= 15 is 0 Å². The largest absolute Gasteiger partial charge is 0.354 e. The number of nitrogens with one attached hydrogen (secondary N) is 1. The van der Waals surface area contributed by atoms with Crippen molar-refractivity contribution in [1.82, 2.24) is 30.0 Å². The molecule has 3 aromatic rings. The summed E-state index contributed by atoms with van der Waals surface area (Å²) in [5.41, 5.74) is 1.35. The molecule has 4 rings (SSSR count). The first-order valence-electron chi connectivity index (χ1n) is 9.46. The third kappa shape index (κ3) is 4.79. The zero-order valence-electron chi connectivity index (χ0n) is 16.8. The van der Waals surface area contributed by atoms with E-state index in [0.29, 0.717) is 26.2 Å². The van der Waals surface area contributed by atoms with Crippen LogP contribution in [0.15, 0.2) is 46.7 Å². The van der Waals surface area contributed by atoms with E-state index in [1.165, 1.54) is 18.1 Å². The number of amides is 3. The van der Waals surface area contributed by atoms with Gasteiger partial charge in [0.15, 0.2) is 5.65 Å². The smallest absolute Gasteiger partial charge is 0.293 e. The molecule has 1 fully saturated rings. The minimum atomic E-state index is -0.400. The SMILES string of the molecule is Cn1ncc2c(SCC(=O)NCCN3C(=O)S/C(=C\c4ccccc4Cl)C3=O)ncnc21. The summed E-state index contributed by atoms with van der Waals surface area (Å²) < 4.78 is 1.64. The Morgan fingerprint density at radius 3 is 2.91 bits per heavy atom. The molecule has 3 amide bonds. The number of benzene rings is 1. The van der Waals surface area contributed by atoms with E-state index in [-0.39, 0.29) is 30.0 Å². The molecule has 0 saturated carbocycles. The van der Waals surface area contributed by atoms with Crippen molar-refractivity contribution in [2.24, 2.45) is 7.05 Å². The molecule has 0 unspecified atom stereocenters. The molecule has 0 atom stereocenters. The maximum absolute atomic E-state index is 12.6. The fourth-order valence-electron chi connectivity index (χ4n) is 2.97. The van der Waals surface area contributed by atoms with Crippen molar-refractivity contribution in [1.29, 1.82) is 0 Å². The average molecular weight is 489 g/mol. The van der Waals surface area contributed by atoms with E-state index < -0.39 is 5.91 Å². The number of fused-ring (bicyclic) bond motifs is 1. The average Bonchev–Trinajstić information content (AvgIpc) is 3.28. The molecule has 0 bridgehead atoms. The van der Waals surface area contributed by atoms with Crippen LogP contribution >= 0.6 is 35.1 Å². The minimum absolute atomic E-state index is 0.0846. The van der Waals surface area contributed by atoms with Crippen molar-refractivity contribution < 1.29 is 14.4 Å². The Kier molecular flexibility index (Phi) is 6.77. The number of hydrogen-bond acceptors (Lipinski definition) is 8. The van der Waals surface area contributed by atoms with Crippen LogP contribution in [0.1, 0.15) is 5.56 Å². The van der Waals surface area contributed by atoms with E-state index in [4.69, 9.17) is 11.6 Å². The summed E-state index contributed by atoms with van der Waals surface area (Å²) in [5, 5.41) is 8.43. The van der Waals surface area contributed by atoms with Crippen molar-refractivity contribution in [2.75, 3.05) is 18.8 Å². The third-order valence-electron chi connectivity index (χ3n) is 4.56. The molecular formula is C20H17ClN6O3S2. The number of hydrogen-bond donors (Lipinski definition) is 1. The van der Waals surface area contributed by atoms with Crippen LogP contribution in [0.4, 0.5) is 4.79 Å². The summed E-state index contributed by atoms with van der Waals surface area (Å²) in [5.74, 6) is -0.497. The Hall–Kier alpha value is -2.89. The van der Waals surface area contributed by atoms with Crippen LogP contribution in [0.3, 0.4) is 0 Å². The highest BCUT2D eigenvalue weighted by Gasteiger charge is 2.34. The van der Waals surface area contributed by atoms with Crippen molar-refractivity contribution in [3.8, 4) is 0 Å². The highest BCUT2D eigenvalue weighted by molar-refractivity contribution is 8.18. The van der Waals surface area contributed by atoms with Crippen molar-refractivity contribution in [3.05, 3.63) is 52.3 Å². The van der Waals surface area contributed by atoms with Gasteiger partial charge in [0.2, 0.25) is 5.91 Å². The van der Waals surface area contributed by atoms with Gasteiger partial charge in [-0.25, -0.2) is 9.97 Å². The summed E-state index contributed by atoms with van der Waals surface area (Å²) in [6, 6.07) is 7.07. The number of carbonyl (C=O) groups excluding carboxylic acids is 3. The molecule has 0 spiro atoms. The van der Waals surface area contributed by atoms with E-state index in [0.717, 1.165) is 22.0 Å². The molecule has 1 N–H and O–H groups in total. The Morgan fingerprint density at radius 1 is 1.28 bits per heavy atom. The first-order chi connectivity index (χ1) is 15.4. The Morgan fingerprint density at radius 2 is 2.09 bits per heavy atom. The van der Waals surface area contributed by atoms with Gasteiger partial charge in [0.25, 0.3) is 11.1 Å². The molecule has 164 valence electrons. The van der Waals surface area contributed by atoms with Gasteiger partial charge in [0.05, 0.1) is 22.2 Å². The molecule has 0 radical (unpaired) electrons. The molecular weight excluding hydrogens is 472 g/mol. The van der Waals surface area contributed by atoms with Crippen molar-refractivity contribution >= 4 is 69.3 Å². The maximum Gasteiger partial charge on any atom is 0.293 e. The van der Waals surface area contributed by atoms with E-state index in [1.54, 1.807) is 48.3 Å². The molecule has 2 aromatic heterocycles. The molecule has 0 aliphatic carbocycles. The van der Waals surface area contributed by atoms with Crippen LogP contribution in [0.25, 0.3) is 17.1 Å². The van der Waals surface area contributed by atoms with Gasteiger partial charge in [0.1, 0.15) is 11.4 Å². The van der Waals surface area contributed by atoms with Crippen LogP contribution in [-0.4, -0.2) is 60.5 Å². The molecule has 1 aliphatic heterocycles. The lowest BCUT2D eigenvalue weighted by atomic mass is 10.2. The second kappa shape index (κ2) is 9.72. The van der Waals surface area contributed by atoms with Crippen LogP contribution in [-0.2, 0) is 16.6 Å². The molecule has 1 saturated heterocycles. The first-order valence-corrected chi connectivity index (χ1v) is 11.6. The van der Waals surface area contributed by atoms with Crippen LogP contribution in [0, 0.1) is 0 Å². The van der Waals surface area contributed by atoms with Gasteiger partial charge in [-0.1, -0.05) is 41.6 Å². The Bertz CT molecular complexity index is 1250. The summed E-state index contributed by atoms with van der Waals surface area (Å²) >= 11 is 8.25. The monoisotopic (exact) mass is 488 g/mol. The Balaban J connectivity index is 1.29. The van der Waals surface area contributed by atoms with Gasteiger partial charge >= 0.3 is 0 Å². The maximum atomic E-state index is 12.6. The Labute approximate surface area is 196 Å². The molecule has 1 aliphatic rings. The number of imide groups is 1. The zero-order valence-corrected chi connectivity index (χ0v) is 19.2. The topological polar surface area (TPSA) is 110 Å². The van der Waals surface area contributed by atoms with Crippen molar-refractivity contribution in [3.63, 3.8) is 0 Å². The lowest BCUT2D eigenvalue weighted by Gasteiger charge is -2.13. The summed E-state index contributed by atoms with van der Waals surface area (Å²) in [6.45, 7) is 0.240. The number of aromatic nitrogens is 4. The van der Waals surface area contributed by atoms with E-state index in [2.05, 4.69) is 20.4 Å². The molecule has 32 heavy (non-hydrogen) atoms. The normalized spacial score (nSPS) is 15.2. The fourth-order valence-corrected chi connectivity index (χ4v) is 4.81. The van der Waals surface area contributed by atoms with Gasteiger partial charge in [-0.05, 0) is 29.5 Å². The number of nitrogens with zero attached hydrogens (tertiary/aromatic N) is 5. The van der Waals surface area contributed by atoms with Gasteiger partial charge in [-0.3, -0.25) is 24.0 Å². The molecule has 12 heteroatoms. The lowest BCUT2D eigenvalue weighted by Crippen LogP contribution is -2.37. The van der Waals surface area contributed by atoms with Crippen molar-refractivity contribution in [2.45, 2.75) is 5.03 Å². The second-order valence-electron chi connectivity index (χ2n) is 6.68. The summed E-state index contributed by atoms with van der Waals surface area (Å²) in [6.07, 6.45) is 4.69. The van der Waals surface area contributed by atoms with Crippen LogP contribution in [0.5, 0.6) is 0 Å². The number of carbonyl (C=O) groups is 3. The van der Waals surface area contributed by atoms with E-state index in [1.807, 2.05) is 0 Å². The van der Waals surface area contributed by atoms with Gasteiger partial charge in [-0.2, -0.15) is 5.10 Å². The number of rotatable bonds is 7. The van der Waals surface area contributed by atoms with Crippen LogP contribution < -0.4 is 5.32 Å². The molecule has 1 aromatic carbocycles. The van der Waals surface area contributed by atoms with E-state index in [9.17, 15) is 14.4 Å². The zero-order chi connectivity index (χ0) is 22.7. The van der Waals surface area contributed by atoms with Crippen LogP contribution in [0.2, 0.25) is 5.02 Å². The number of aryl methyl sites for hydroxylation is 1. The fraction of sp³-hybridized carbons (Fsp3) is 0.200. The summed E-state index contributed by atoms with van der Waals surface area (Å²) in [4.78, 5) is 46.8. The number of thioether (sulfide) groups is 2. The van der Waals surface area contributed by atoms with Gasteiger partial charge < -0.3 is 5.32 Å². The van der Waals surface area contributed by atoms with Gasteiger partial charge in [0, 0.05) is 25.2 Å². The third-order valence-corrected chi connectivity index (χ3v) is 6.81. The predicted molar refractivity (Wildman–Crippen MR) is 124 cm³/mol. The number of halogens is 1. The predicted octanol–water partition coefficient (Wildman–Crippen LogP) is 2.96. The molecule has 3 heterocycles. The quantitative estimate of drug-likeness (QED) is 0.307. The lowest BCUT2D eigenvalue weighted by molar-refractivity contribution is -0.123.